The second-order valence-electron chi connectivity index (χ2n) is 17.6. The number of hydrogen-bond acceptors (Lipinski definition) is 2. The molecule has 0 radical (unpaired) electrons. The van der Waals surface area contributed by atoms with Crippen LogP contribution in [0.5, 0.6) is 0 Å². The summed E-state index contributed by atoms with van der Waals surface area (Å²) in [5.41, 5.74) is 17.2. The summed E-state index contributed by atoms with van der Waals surface area (Å²) in [6.07, 6.45) is 4.77. The van der Waals surface area contributed by atoms with Gasteiger partial charge in [0.2, 0.25) is 0 Å². The van der Waals surface area contributed by atoms with Crippen molar-refractivity contribution >= 4 is 66.8 Å². The number of benzene rings is 11. The number of rotatable bonds is 7. The van der Waals surface area contributed by atoms with E-state index in [0.717, 1.165) is 17.1 Å². The van der Waals surface area contributed by atoms with Crippen LogP contribution >= 0.6 is 0 Å². The Hall–Kier alpha value is -8.46. The zero-order chi connectivity index (χ0) is 43.6. The van der Waals surface area contributed by atoms with Gasteiger partial charge in [0.05, 0.1) is 11.7 Å². The molecule has 2 atom stereocenters. The minimum absolute atomic E-state index is 0.154. The molecular weight excluding hydrogens is 797 g/mol. The van der Waals surface area contributed by atoms with E-state index in [0.29, 0.717) is 0 Å². The molecular formula is C64H44N2. The Kier molecular flexibility index (Phi) is 9.02. The predicted octanol–water partition coefficient (Wildman–Crippen LogP) is 17.6. The predicted molar refractivity (Wildman–Crippen MR) is 279 cm³/mol. The van der Waals surface area contributed by atoms with E-state index in [2.05, 4.69) is 265 Å². The first-order valence-corrected chi connectivity index (χ1v) is 23.0. The normalized spacial score (nSPS) is 14.9. The Balaban J connectivity index is 0.943. The van der Waals surface area contributed by atoms with Crippen LogP contribution in [0, 0.1) is 0 Å². The third kappa shape index (κ3) is 6.25. The van der Waals surface area contributed by atoms with E-state index in [-0.39, 0.29) is 12.0 Å². The molecule has 1 heterocycles. The van der Waals surface area contributed by atoms with Crippen molar-refractivity contribution < 1.29 is 0 Å². The number of hydrogen-bond donors (Lipinski definition) is 0. The first kappa shape index (κ1) is 38.0. The van der Waals surface area contributed by atoms with Gasteiger partial charge in [0, 0.05) is 34.1 Å². The summed E-state index contributed by atoms with van der Waals surface area (Å²) in [5.74, 6) is 0.184. The van der Waals surface area contributed by atoms with Crippen molar-refractivity contribution in [2.24, 2.45) is 0 Å². The van der Waals surface area contributed by atoms with Crippen molar-refractivity contribution in [2.75, 3.05) is 9.80 Å². The highest BCUT2D eigenvalue weighted by Crippen LogP contribution is 2.58. The molecule has 0 fully saturated rings. The highest BCUT2D eigenvalue weighted by Gasteiger charge is 2.42. The van der Waals surface area contributed by atoms with Crippen LogP contribution in [-0.4, -0.2) is 0 Å². The molecule has 1 aliphatic carbocycles. The summed E-state index contributed by atoms with van der Waals surface area (Å²) in [7, 11) is 0. The van der Waals surface area contributed by atoms with Crippen molar-refractivity contribution in [3.63, 3.8) is 0 Å². The van der Waals surface area contributed by atoms with E-state index in [4.69, 9.17) is 0 Å². The molecule has 310 valence electrons. The largest absolute Gasteiger partial charge is 0.333 e. The Labute approximate surface area is 385 Å². The third-order valence-corrected chi connectivity index (χ3v) is 14.0. The van der Waals surface area contributed by atoms with Crippen LogP contribution in [0.4, 0.5) is 28.4 Å². The van der Waals surface area contributed by atoms with Crippen LogP contribution in [0.1, 0.15) is 28.7 Å². The topological polar surface area (TPSA) is 6.48 Å². The minimum Gasteiger partial charge on any atom is -0.333 e. The van der Waals surface area contributed by atoms with E-state index >= 15 is 0 Å². The summed E-state index contributed by atoms with van der Waals surface area (Å²) in [6, 6.07) is 89.4. The van der Waals surface area contributed by atoms with Crippen molar-refractivity contribution in [1.82, 2.24) is 0 Å². The van der Waals surface area contributed by atoms with Gasteiger partial charge >= 0.3 is 0 Å². The fourth-order valence-corrected chi connectivity index (χ4v) is 11.0. The minimum atomic E-state index is 0.154. The van der Waals surface area contributed by atoms with Crippen LogP contribution in [0.3, 0.4) is 0 Å². The molecule has 66 heavy (non-hydrogen) atoms. The second kappa shape index (κ2) is 15.7. The Morgan fingerprint density at radius 1 is 0.379 bits per heavy atom. The van der Waals surface area contributed by atoms with Gasteiger partial charge in [0.1, 0.15) is 0 Å². The summed E-state index contributed by atoms with van der Waals surface area (Å²) in [6.45, 7) is 0. The Morgan fingerprint density at radius 3 is 1.83 bits per heavy atom. The molecule has 11 aromatic carbocycles. The van der Waals surface area contributed by atoms with Crippen LogP contribution in [0.2, 0.25) is 0 Å². The standard InChI is InChI=1S/C64H44N2/c1-2-20-50(21-3-1)66-61-30-14-29-56(63(61)60-40-37-46-16-5-9-25-57(46)64(60)66)48-19-12-22-52(41-48)65(62-42-49-17-6-8-24-55(49)58-26-10-11-27-59(58)62)51-38-35-44(36-39-51)43-31-33-47(34-32-43)54-28-13-18-45-15-4-7-23-53(45)54/h1-42,60,64H. The van der Waals surface area contributed by atoms with Gasteiger partial charge in [-0.15, -0.1) is 0 Å². The molecule has 0 bridgehead atoms. The summed E-state index contributed by atoms with van der Waals surface area (Å²) < 4.78 is 0. The lowest BCUT2D eigenvalue weighted by Crippen LogP contribution is -2.23. The highest BCUT2D eigenvalue weighted by molar-refractivity contribution is 6.14. The third-order valence-electron chi connectivity index (χ3n) is 14.0. The van der Waals surface area contributed by atoms with Gasteiger partial charge in [-0.3, -0.25) is 0 Å². The van der Waals surface area contributed by atoms with Gasteiger partial charge in [-0.05, 0) is 126 Å². The van der Waals surface area contributed by atoms with E-state index in [1.807, 2.05) is 0 Å². The van der Waals surface area contributed by atoms with Gasteiger partial charge < -0.3 is 9.80 Å². The first-order chi connectivity index (χ1) is 32.7. The number of fused-ring (bicyclic) bond motifs is 9. The lowest BCUT2D eigenvalue weighted by atomic mass is 9.80. The summed E-state index contributed by atoms with van der Waals surface area (Å²) in [5, 5.41) is 7.45. The fraction of sp³-hybridized carbons (Fsp3) is 0.0312. The lowest BCUT2D eigenvalue weighted by Gasteiger charge is -2.33. The van der Waals surface area contributed by atoms with Gasteiger partial charge in [-0.1, -0.05) is 206 Å². The maximum Gasteiger partial charge on any atom is 0.0701 e. The van der Waals surface area contributed by atoms with Crippen molar-refractivity contribution in [3.8, 4) is 33.4 Å². The quantitative estimate of drug-likeness (QED) is 0.148. The molecule has 11 aromatic rings. The van der Waals surface area contributed by atoms with Gasteiger partial charge in [0.25, 0.3) is 0 Å². The van der Waals surface area contributed by atoms with Crippen molar-refractivity contribution in [1.29, 1.82) is 0 Å². The molecule has 13 rings (SSSR count). The maximum atomic E-state index is 2.57. The lowest BCUT2D eigenvalue weighted by molar-refractivity contribution is 0.668. The average molecular weight is 841 g/mol. The molecule has 0 saturated carbocycles. The fourth-order valence-electron chi connectivity index (χ4n) is 11.0. The zero-order valence-electron chi connectivity index (χ0n) is 36.3. The average Bonchev–Trinajstić information content (AvgIpc) is 3.74. The molecule has 2 heteroatoms. The summed E-state index contributed by atoms with van der Waals surface area (Å²) in [4.78, 5) is 5.03. The number of para-hydroxylation sites is 1. The first-order valence-electron chi connectivity index (χ1n) is 23.0. The zero-order valence-corrected chi connectivity index (χ0v) is 36.3. The van der Waals surface area contributed by atoms with Crippen LogP contribution in [-0.2, 0) is 0 Å². The molecule has 1 aliphatic heterocycles. The van der Waals surface area contributed by atoms with E-state index < -0.39 is 0 Å². The van der Waals surface area contributed by atoms with Gasteiger partial charge in [-0.25, -0.2) is 0 Å². The number of anilines is 5. The molecule has 0 saturated heterocycles. The molecule has 0 aromatic heterocycles. The monoisotopic (exact) mass is 840 g/mol. The van der Waals surface area contributed by atoms with Crippen LogP contribution < -0.4 is 9.80 Å². The Morgan fingerprint density at radius 2 is 1.00 bits per heavy atom. The highest BCUT2D eigenvalue weighted by atomic mass is 15.2. The molecule has 0 amide bonds. The number of nitrogens with zero attached hydrogens (tertiary/aromatic N) is 2. The van der Waals surface area contributed by atoms with Gasteiger partial charge in [-0.2, -0.15) is 0 Å². The van der Waals surface area contributed by atoms with Crippen molar-refractivity contribution in [2.45, 2.75) is 12.0 Å². The maximum absolute atomic E-state index is 2.57. The molecule has 2 aliphatic rings. The molecule has 2 nitrogen and oxygen atoms in total. The van der Waals surface area contributed by atoms with Crippen molar-refractivity contribution in [3.05, 3.63) is 265 Å². The SMILES string of the molecule is C1=CC2c3c(-c4cccc(N(c5ccc(-c6ccc(-c7cccc8ccccc78)cc6)cc5)c5cc6ccccc6c6ccccc56)c4)cccc3N(c3ccccc3)C2c2ccccc21. The smallest absolute Gasteiger partial charge is 0.0701 e. The van der Waals surface area contributed by atoms with E-state index in [9.17, 15) is 0 Å². The Bertz CT molecular complexity index is 3660. The summed E-state index contributed by atoms with van der Waals surface area (Å²) >= 11 is 0. The molecule has 0 N–H and O–H groups in total. The van der Waals surface area contributed by atoms with Gasteiger partial charge in [0.15, 0.2) is 0 Å². The molecule has 0 spiro atoms. The van der Waals surface area contributed by atoms with Crippen LogP contribution in [0.25, 0.3) is 71.8 Å². The van der Waals surface area contributed by atoms with E-state index in [1.165, 1.54) is 93.8 Å². The second-order valence-corrected chi connectivity index (χ2v) is 17.6. The molecule has 2 unspecified atom stereocenters. The van der Waals surface area contributed by atoms with Crippen LogP contribution in [0.15, 0.2) is 249 Å². The van der Waals surface area contributed by atoms with E-state index in [1.54, 1.807) is 0 Å².